The minimum absolute atomic E-state index is 0.208. The summed E-state index contributed by atoms with van der Waals surface area (Å²) in [6, 6.07) is 0. The Balaban J connectivity index is 2.16. The quantitative estimate of drug-likeness (QED) is 0.477. The van der Waals surface area contributed by atoms with Gasteiger partial charge in [-0.05, 0) is 11.2 Å². The van der Waals surface area contributed by atoms with Crippen LogP contribution in [0.4, 0.5) is 0 Å². The zero-order valence-electron chi connectivity index (χ0n) is 3.96. The van der Waals surface area contributed by atoms with Crippen molar-refractivity contribution in [1.29, 1.82) is 0 Å². The highest BCUT2D eigenvalue weighted by atomic mass is 32.2. The normalized spacial score (nSPS) is 40.3. The SMILES string of the molecule is N[CH]C1CC[S+]1[O-]. The summed E-state index contributed by atoms with van der Waals surface area (Å²) in [6.07, 6.45) is 1.02. The molecule has 0 aliphatic carbocycles. The number of hydrogen-bond acceptors (Lipinski definition) is 2. The third-order valence-corrected chi connectivity index (χ3v) is 2.86. The summed E-state index contributed by atoms with van der Waals surface area (Å²) in [5.41, 5.74) is 5.11. The molecule has 0 spiro atoms. The minimum atomic E-state index is -0.610. The second-order valence-electron chi connectivity index (χ2n) is 1.60. The second-order valence-corrected chi connectivity index (χ2v) is 3.38. The Morgan fingerprint density at radius 2 is 2.57 bits per heavy atom. The molecule has 0 bridgehead atoms. The van der Waals surface area contributed by atoms with Gasteiger partial charge in [0, 0.05) is 6.42 Å². The molecule has 0 aromatic heterocycles. The van der Waals surface area contributed by atoms with Crippen molar-refractivity contribution in [1.82, 2.24) is 0 Å². The fourth-order valence-corrected chi connectivity index (χ4v) is 1.41. The van der Waals surface area contributed by atoms with Gasteiger partial charge in [-0.25, -0.2) is 0 Å². The molecule has 3 heteroatoms. The van der Waals surface area contributed by atoms with E-state index in [1.807, 2.05) is 0 Å². The van der Waals surface area contributed by atoms with Crippen LogP contribution in [-0.4, -0.2) is 15.6 Å². The van der Waals surface area contributed by atoms with Crippen molar-refractivity contribution in [3.05, 3.63) is 6.54 Å². The summed E-state index contributed by atoms with van der Waals surface area (Å²) in [5.74, 6) is 0.846. The highest BCUT2D eigenvalue weighted by Gasteiger charge is 2.31. The summed E-state index contributed by atoms with van der Waals surface area (Å²) < 4.78 is 10.5. The molecule has 1 aliphatic heterocycles. The summed E-state index contributed by atoms with van der Waals surface area (Å²) in [5, 5.41) is 0.208. The molecule has 1 radical (unpaired) electrons. The lowest BCUT2D eigenvalue weighted by atomic mass is 10.3. The fraction of sp³-hybridized carbons (Fsp3) is 0.750. The largest absolute Gasteiger partial charge is 0.616 e. The molecule has 2 atom stereocenters. The molecule has 0 aromatic carbocycles. The number of rotatable bonds is 1. The topological polar surface area (TPSA) is 49.1 Å². The van der Waals surface area contributed by atoms with Crippen LogP contribution in [0, 0.1) is 6.54 Å². The molecule has 1 heterocycles. The van der Waals surface area contributed by atoms with E-state index in [0.717, 1.165) is 12.2 Å². The van der Waals surface area contributed by atoms with Crippen LogP contribution in [-0.2, 0) is 11.2 Å². The molecule has 7 heavy (non-hydrogen) atoms. The first-order valence-corrected chi connectivity index (χ1v) is 3.65. The lowest BCUT2D eigenvalue weighted by Crippen LogP contribution is -2.38. The molecule has 1 rings (SSSR count). The zero-order valence-corrected chi connectivity index (χ0v) is 4.78. The van der Waals surface area contributed by atoms with Crippen LogP contribution in [0.3, 0.4) is 0 Å². The van der Waals surface area contributed by atoms with Gasteiger partial charge in [-0.2, -0.15) is 0 Å². The van der Waals surface area contributed by atoms with Gasteiger partial charge in [0.25, 0.3) is 0 Å². The van der Waals surface area contributed by atoms with E-state index in [4.69, 9.17) is 5.73 Å². The van der Waals surface area contributed by atoms with E-state index in [1.54, 1.807) is 0 Å². The standard InChI is InChI=1S/C4H8NOS/c5-3-4-1-2-7(4)6/h3-4H,1-2,5H2. The van der Waals surface area contributed by atoms with E-state index < -0.39 is 11.2 Å². The van der Waals surface area contributed by atoms with Crippen molar-refractivity contribution in [2.75, 3.05) is 5.75 Å². The maximum atomic E-state index is 10.5. The fourth-order valence-electron chi connectivity index (χ4n) is 0.534. The van der Waals surface area contributed by atoms with Crippen LogP contribution in [0.5, 0.6) is 0 Å². The van der Waals surface area contributed by atoms with Crippen LogP contribution in [0.15, 0.2) is 0 Å². The Kier molecular flexibility index (Phi) is 1.57. The first kappa shape index (κ1) is 5.41. The number of nitrogens with two attached hydrogens (primary N) is 1. The molecule has 1 aliphatic rings. The highest BCUT2D eigenvalue weighted by Crippen LogP contribution is 2.20. The predicted molar refractivity (Wildman–Crippen MR) is 29.9 cm³/mol. The Labute approximate surface area is 46.3 Å². The zero-order chi connectivity index (χ0) is 5.28. The maximum Gasteiger partial charge on any atom is 0.136 e. The Morgan fingerprint density at radius 1 is 1.86 bits per heavy atom. The summed E-state index contributed by atoms with van der Waals surface area (Å²) >= 11 is -0.610. The van der Waals surface area contributed by atoms with Crippen molar-refractivity contribution in [3.63, 3.8) is 0 Å². The first-order valence-electron chi connectivity index (χ1n) is 2.27. The lowest BCUT2D eigenvalue weighted by Gasteiger charge is -2.27. The summed E-state index contributed by atoms with van der Waals surface area (Å²) in [6.45, 7) is 1.53. The van der Waals surface area contributed by atoms with E-state index in [-0.39, 0.29) is 5.25 Å². The van der Waals surface area contributed by atoms with Crippen molar-refractivity contribution in [2.24, 2.45) is 5.73 Å². The van der Waals surface area contributed by atoms with Gasteiger partial charge < -0.3 is 10.3 Å². The van der Waals surface area contributed by atoms with Crippen LogP contribution < -0.4 is 5.73 Å². The molecule has 2 nitrogen and oxygen atoms in total. The minimum Gasteiger partial charge on any atom is -0.616 e. The van der Waals surface area contributed by atoms with Gasteiger partial charge in [0.2, 0.25) is 0 Å². The average Bonchev–Trinajstić information content (AvgIpc) is 1.65. The maximum absolute atomic E-state index is 10.5. The van der Waals surface area contributed by atoms with Crippen LogP contribution >= 0.6 is 0 Å². The average molecular weight is 118 g/mol. The molecule has 41 valence electrons. The predicted octanol–water partition coefficient (Wildman–Crippen LogP) is -0.372. The van der Waals surface area contributed by atoms with E-state index in [9.17, 15) is 4.55 Å². The van der Waals surface area contributed by atoms with Crippen LogP contribution in [0.25, 0.3) is 0 Å². The van der Waals surface area contributed by atoms with Gasteiger partial charge in [-0.15, -0.1) is 0 Å². The van der Waals surface area contributed by atoms with E-state index in [0.29, 0.717) is 0 Å². The molecule has 0 saturated carbocycles. The second kappa shape index (κ2) is 2.03. The first-order chi connectivity index (χ1) is 3.34. The summed E-state index contributed by atoms with van der Waals surface area (Å²) in [4.78, 5) is 0. The third kappa shape index (κ3) is 0.900. The molecule has 1 fully saturated rings. The molecule has 2 unspecified atom stereocenters. The Morgan fingerprint density at radius 3 is 2.57 bits per heavy atom. The smallest absolute Gasteiger partial charge is 0.136 e. The van der Waals surface area contributed by atoms with Crippen LogP contribution in [0.2, 0.25) is 0 Å². The molecule has 2 N–H and O–H groups in total. The summed E-state index contributed by atoms with van der Waals surface area (Å²) in [7, 11) is 0. The Bertz CT molecular complexity index is 66.7. The van der Waals surface area contributed by atoms with Crippen molar-refractivity contribution < 1.29 is 4.55 Å². The van der Waals surface area contributed by atoms with Gasteiger partial charge in [0.05, 0.1) is 6.54 Å². The number of hydrogen-bond donors (Lipinski definition) is 1. The van der Waals surface area contributed by atoms with Crippen molar-refractivity contribution in [3.8, 4) is 0 Å². The lowest BCUT2D eigenvalue weighted by molar-refractivity contribution is 0.558. The molecule has 1 saturated heterocycles. The van der Waals surface area contributed by atoms with Crippen molar-refractivity contribution >= 4 is 11.2 Å². The molecular weight excluding hydrogens is 110 g/mol. The van der Waals surface area contributed by atoms with E-state index in [2.05, 4.69) is 0 Å². The Hall–Kier alpha value is 0.270. The third-order valence-electron chi connectivity index (χ3n) is 1.16. The van der Waals surface area contributed by atoms with Gasteiger partial charge >= 0.3 is 0 Å². The van der Waals surface area contributed by atoms with E-state index >= 15 is 0 Å². The van der Waals surface area contributed by atoms with E-state index in [1.165, 1.54) is 6.54 Å². The van der Waals surface area contributed by atoms with Crippen LogP contribution in [0.1, 0.15) is 6.42 Å². The monoisotopic (exact) mass is 118 g/mol. The van der Waals surface area contributed by atoms with Gasteiger partial charge in [0.15, 0.2) is 0 Å². The molecule has 0 aromatic rings. The highest BCUT2D eigenvalue weighted by molar-refractivity contribution is 7.93. The van der Waals surface area contributed by atoms with Crippen molar-refractivity contribution in [2.45, 2.75) is 11.7 Å². The van der Waals surface area contributed by atoms with Gasteiger partial charge in [-0.1, -0.05) is 0 Å². The van der Waals surface area contributed by atoms with Gasteiger partial charge in [-0.3, -0.25) is 0 Å². The van der Waals surface area contributed by atoms with Gasteiger partial charge in [0.1, 0.15) is 11.0 Å². The molecule has 0 amide bonds. The molecular formula is C4H8NOS.